The fraction of sp³-hybridized carbons (Fsp3) is 0.500. The fourth-order valence-corrected chi connectivity index (χ4v) is 2.26. The quantitative estimate of drug-likeness (QED) is 0.745. The molecule has 2 aromatic rings. The van der Waals surface area contributed by atoms with Gasteiger partial charge in [0.05, 0.1) is 12.1 Å². The van der Waals surface area contributed by atoms with Gasteiger partial charge in [0.25, 0.3) is 0 Å². The molecule has 0 aliphatic heterocycles. The molecular weight excluding hydrogens is 322 g/mol. The van der Waals surface area contributed by atoms with Gasteiger partial charge in [0.1, 0.15) is 6.10 Å². The number of aromatic nitrogens is 2. The van der Waals surface area contributed by atoms with E-state index in [1.165, 1.54) is 0 Å². The lowest BCUT2D eigenvalue weighted by atomic mass is 10.1. The van der Waals surface area contributed by atoms with Gasteiger partial charge in [-0.25, -0.2) is 4.79 Å². The van der Waals surface area contributed by atoms with Gasteiger partial charge in [0.2, 0.25) is 5.89 Å². The summed E-state index contributed by atoms with van der Waals surface area (Å²) in [6.07, 6.45) is -0.200. The van der Waals surface area contributed by atoms with E-state index in [2.05, 4.69) is 24.0 Å². The van der Waals surface area contributed by atoms with Crippen molar-refractivity contribution in [2.24, 2.45) is 5.92 Å². The monoisotopic (exact) mass is 347 g/mol. The first kappa shape index (κ1) is 19.1. The van der Waals surface area contributed by atoms with Gasteiger partial charge in [-0.1, -0.05) is 31.1 Å². The van der Waals surface area contributed by atoms with Crippen LogP contribution in [0.4, 0.5) is 0 Å². The second-order valence-corrected chi connectivity index (χ2v) is 6.59. The van der Waals surface area contributed by atoms with Crippen LogP contribution in [0.2, 0.25) is 0 Å². The molecule has 0 saturated heterocycles. The molecule has 1 aromatic carbocycles. The Bertz CT molecular complexity index is 682. The molecule has 0 saturated carbocycles. The number of carbonyl (C=O) groups is 1. The standard InChI is InChI=1S/C18H25N3O4/c1-12(2)11-24-13(3)17-19-16(25-20-17)10-21(4)9-14-5-7-15(8-6-14)18(22)23/h5-8,12-13H,9-11H2,1-4H3,(H,22,23). The second-order valence-electron chi connectivity index (χ2n) is 6.59. The lowest BCUT2D eigenvalue weighted by molar-refractivity contribution is 0.0402. The normalized spacial score (nSPS) is 12.7. The third kappa shape index (κ3) is 5.95. The van der Waals surface area contributed by atoms with Gasteiger partial charge in [-0.05, 0) is 37.6 Å². The molecule has 1 atom stereocenters. The molecule has 25 heavy (non-hydrogen) atoms. The van der Waals surface area contributed by atoms with Gasteiger partial charge in [0.15, 0.2) is 5.82 Å². The summed E-state index contributed by atoms with van der Waals surface area (Å²) in [6, 6.07) is 6.82. The topological polar surface area (TPSA) is 88.7 Å². The Morgan fingerprint density at radius 3 is 2.52 bits per heavy atom. The number of aromatic carboxylic acids is 1. The summed E-state index contributed by atoms with van der Waals surface area (Å²) in [4.78, 5) is 17.3. The van der Waals surface area contributed by atoms with E-state index in [0.29, 0.717) is 37.3 Å². The first-order valence-electron chi connectivity index (χ1n) is 8.30. The largest absolute Gasteiger partial charge is 0.478 e. The number of carboxylic acid groups (broad SMARTS) is 1. The second kappa shape index (κ2) is 8.73. The fourth-order valence-electron chi connectivity index (χ4n) is 2.26. The molecule has 1 N–H and O–H groups in total. The van der Waals surface area contributed by atoms with E-state index in [4.69, 9.17) is 14.4 Å². The molecule has 0 radical (unpaired) electrons. The molecule has 0 fully saturated rings. The molecule has 0 bridgehead atoms. The highest BCUT2D eigenvalue weighted by atomic mass is 16.5. The maximum absolute atomic E-state index is 10.9. The van der Waals surface area contributed by atoms with Crippen LogP contribution in [0.1, 0.15) is 54.5 Å². The van der Waals surface area contributed by atoms with Gasteiger partial charge in [0, 0.05) is 13.2 Å². The average molecular weight is 347 g/mol. The molecule has 0 aliphatic carbocycles. The number of rotatable bonds is 9. The molecule has 0 aliphatic rings. The molecular formula is C18H25N3O4. The minimum absolute atomic E-state index is 0.200. The summed E-state index contributed by atoms with van der Waals surface area (Å²) in [7, 11) is 1.94. The average Bonchev–Trinajstić information content (AvgIpc) is 3.01. The molecule has 7 nitrogen and oxygen atoms in total. The molecule has 1 unspecified atom stereocenters. The number of hydrogen-bond donors (Lipinski definition) is 1. The minimum Gasteiger partial charge on any atom is -0.478 e. The molecule has 0 spiro atoms. The number of benzene rings is 1. The third-order valence-corrected chi connectivity index (χ3v) is 3.59. The minimum atomic E-state index is -0.924. The molecule has 136 valence electrons. The molecule has 1 heterocycles. The van der Waals surface area contributed by atoms with Crippen LogP contribution in [-0.2, 0) is 17.8 Å². The highest BCUT2D eigenvalue weighted by Gasteiger charge is 2.16. The number of nitrogens with zero attached hydrogens (tertiary/aromatic N) is 3. The summed E-state index contributed by atoms with van der Waals surface area (Å²) in [6.45, 7) is 7.89. The number of carboxylic acids is 1. The Labute approximate surface area is 147 Å². The summed E-state index contributed by atoms with van der Waals surface area (Å²) in [5.41, 5.74) is 1.30. The van der Waals surface area contributed by atoms with Gasteiger partial charge < -0.3 is 14.4 Å². The van der Waals surface area contributed by atoms with Gasteiger partial charge in [-0.2, -0.15) is 4.98 Å². The van der Waals surface area contributed by atoms with Crippen LogP contribution in [-0.4, -0.2) is 39.8 Å². The van der Waals surface area contributed by atoms with Crippen LogP contribution in [0.15, 0.2) is 28.8 Å². The highest BCUT2D eigenvalue weighted by Crippen LogP contribution is 2.15. The zero-order valence-corrected chi connectivity index (χ0v) is 15.1. The molecule has 7 heteroatoms. The van der Waals surface area contributed by atoms with Crippen molar-refractivity contribution in [2.45, 2.75) is 40.0 Å². The molecule has 1 aromatic heterocycles. The van der Waals surface area contributed by atoms with Gasteiger partial charge in [-0.3, -0.25) is 4.90 Å². The van der Waals surface area contributed by atoms with Gasteiger partial charge >= 0.3 is 5.97 Å². The van der Waals surface area contributed by atoms with Crippen molar-refractivity contribution < 1.29 is 19.2 Å². The highest BCUT2D eigenvalue weighted by molar-refractivity contribution is 5.87. The zero-order chi connectivity index (χ0) is 18.4. The van der Waals surface area contributed by atoms with E-state index in [-0.39, 0.29) is 11.7 Å². The van der Waals surface area contributed by atoms with Crippen molar-refractivity contribution >= 4 is 5.97 Å². The third-order valence-electron chi connectivity index (χ3n) is 3.59. The van der Waals surface area contributed by atoms with Crippen molar-refractivity contribution in [1.29, 1.82) is 0 Å². The van der Waals surface area contributed by atoms with Crippen molar-refractivity contribution in [2.75, 3.05) is 13.7 Å². The van der Waals surface area contributed by atoms with Crippen LogP contribution < -0.4 is 0 Å². The van der Waals surface area contributed by atoms with E-state index in [1.54, 1.807) is 24.3 Å². The lowest BCUT2D eigenvalue weighted by Gasteiger charge is -2.14. The van der Waals surface area contributed by atoms with Crippen LogP contribution in [0, 0.1) is 5.92 Å². The van der Waals surface area contributed by atoms with Crippen molar-refractivity contribution in [3.63, 3.8) is 0 Å². The summed E-state index contributed by atoms with van der Waals surface area (Å²) in [5, 5.41) is 12.9. The predicted octanol–water partition coefficient (Wildman–Crippen LogP) is 3.13. The van der Waals surface area contributed by atoms with Crippen molar-refractivity contribution in [3.8, 4) is 0 Å². The predicted molar refractivity (Wildman–Crippen MR) is 92.1 cm³/mol. The Hall–Kier alpha value is -2.25. The van der Waals surface area contributed by atoms with E-state index in [0.717, 1.165) is 5.56 Å². The smallest absolute Gasteiger partial charge is 0.335 e. The Balaban J connectivity index is 1.88. The van der Waals surface area contributed by atoms with E-state index in [9.17, 15) is 4.79 Å². The lowest BCUT2D eigenvalue weighted by Crippen LogP contribution is -2.17. The molecule has 0 amide bonds. The molecule has 2 rings (SSSR count). The van der Waals surface area contributed by atoms with Gasteiger partial charge in [-0.15, -0.1) is 0 Å². The maximum atomic E-state index is 10.9. The maximum Gasteiger partial charge on any atom is 0.335 e. The van der Waals surface area contributed by atoms with E-state index in [1.807, 2.05) is 18.9 Å². The summed E-state index contributed by atoms with van der Waals surface area (Å²) >= 11 is 0. The number of ether oxygens (including phenoxy) is 1. The Kier molecular flexibility index (Phi) is 6.66. The Morgan fingerprint density at radius 2 is 1.92 bits per heavy atom. The van der Waals surface area contributed by atoms with Crippen molar-refractivity contribution in [3.05, 3.63) is 47.1 Å². The first-order valence-corrected chi connectivity index (χ1v) is 8.30. The SMILES string of the molecule is CC(C)COC(C)c1noc(CN(C)Cc2ccc(C(=O)O)cc2)n1. The Morgan fingerprint density at radius 1 is 1.24 bits per heavy atom. The van der Waals surface area contributed by atoms with E-state index < -0.39 is 5.97 Å². The first-order chi connectivity index (χ1) is 11.8. The van der Waals surface area contributed by atoms with Crippen LogP contribution in [0.25, 0.3) is 0 Å². The van der Waals surface area contributed by atoms with Crippen molar-refractivity contribution in [1.82, 2.24) is 15.0 Å². The summed E-state index contributed by atoms with van der Waals surface area (Å²) in [5.74, 6) is 0.606. The van der Waals surface area contributed by atoms with Crippen LogP contribution in [0.5, 0.6) is 0 Å². The van der Waals surface area contributed by atoms with Crippen LogP contribution >= 0.6 is 0 Å². The van der Waals surface area contributed by atoms with Crippen LogP contribution in [0.3, 0.4) is 0 Å². The number of hydrogen-bond acceptors (Lipinski definition) is 6. The zero-order valence-electron chi connectivity index (χ0n) is 15.1. The van der Waals surface area contributed by atoms with E-state index >= 15 is 0 Å². The summed E-state index contributed by atoms with van der Waals surface area (Å²) < 4.78 is 11.0.